The SMILES string of the molecule is CCCN1C(=O)/C(=C\c2ccc(-c3cc(C(=O)O)ccc3C)o2)C(=O)N(c2ccccc2)C1=S. The highest BCUT2D eigenvalue weighted by molar-refractivity contribution is 7.80. The third kappa shape index (κ3) is 4.27. The first-order chi connectivity index (χ1) is 16.3. The fraction of sp³-hybridized carbons (Fsp3) is 0.154. The Bertz CT molecular complexity index is 1330. The molecule has 8 heteroatoms. The van der Waals surface area contributed by atoms with Crippen LogP contribution in [0.25, 0.3) is 17.4 Å². The number of amides is 2. The molecule has 172 valence electrons. The Balaban J connectivity index is 1.75. The molecule has 4 rings (SSSR count). The van der Waals surface area contributed by atoms with E-state index >= 15 is 0 Å². The van der Waals surface area contributed by atoms with Crippen LogP contribution in [0.1, 0.15) is 35.0 Å². The number of hydrogen-bond donors (Lipinski definition) is 1. The molecule has 1 saturated heterocycles. The van der Waals surface area contributed by atoms with Crippen molar-refractivity contribution in [3.05, 3.63) is 83.1 Å². The first-order valence-corrected chi connectivity index (χ1v) is 11.1. The molecule has 0 radical (unpaired) electrons. The van der Waals surface area contributed by atoms with E-state index in [2.05, 4.69) is 0 Å². The lowest BCUT2D eigenvalue weighted by Gasteiger charge is -2.36. The Labute approximate surface area is 201 Å². The number of nitrogens with zero attached hydrogens (tertiary/aromatic N) is 2. The number of rotatable bonds is 6. The molecule has 2 heterocycles. The minimum atomic E-state index is -1.04. The maximum atomic E-state index is 13.4. The molecule has 0 atom stereocenters. The summed E-state index contributed by atoms with van der Waals surface area (Å²) in [6, 6.07) is 17.0. The molecule has 0 spiro atoms. The molecule has 0 saturated carbocycles. The predicted octanol–water partition coefficient (Wildman–Crippen LogP) is 4.91. The summed E-state index contributed by atoms with van der Waals surface area (Å²) < 4.78 is 5.90. The summed E-state index contributed by atoms with van der Waals surface area (Å²) >= 11 is 5.49. The average molecular weight is 475 g/mol. The lowest BCUT2D eigenvalue weighted by atomic mass is 10.0. The van der Waals surface area contributed by atoms with Gasteiger partial charge in [0.2, 0.25) is 0 Å². The fourth-order valence-electron chi connectivity index (χ4n) is 3.74. The Morgan fingerprint density at radius 1 is 1.06 bits per heavy atom. The lowest BCUT2D eigenvalue weighted by Crippen LogP contribution is -2.56. The molecule has 34 heavy (non-hydrogen) atoms. The Morgan fingerprint density at radius 3 is 2.47 bits per heavy atom. The van der Waals surface area contributed by atoms with E-state index in [0.29, 0.717) is 35.7 Å². The van der Waals surface area contributed by atoms with Gasteiger partial charge in [-0.2, -0.15) is 0 Å². The van der Waals surface area contributed by atoms with E-state index < -0.39 is 17.8 Å². The zero-order valence-electron chi connectivity index (χ0n) is 18.6. The summed E-state index contributed by atoms with van der Waals surface area (Å²) in [6.07, 6.45) is 2.07. The van der Waals surface area contributed by atoms with Gasteiger partial charge >= 0.3 is 5.97 Å². The number of aryl methyl sites for hydroxylation is 1. The smallest absolute Gasteiger partial charge is 0.335 e. The van der Waals surface area contributed by atoms with Gasteiger partial charge in [0.05, 0.1) is 11.3 Å². The van der Waals surface area contributed by atoms with Crippen LogP contribution in [0.15, 0.2) is 70.7 Å². The van der Waals surface area contributed by atoms with E-state index in [1.165, 1.54) is 28.0 Å². The minimum Gasteiger partial charge on any atom is -0.478 e. The maximum Gasteiger partial charge on any atom is 0.335 e. The van der Waals surface area contributed by atoms with Gasteiger partial charge in [-0.1, -0.05) is 31.2 Å². The van der Waals surface area contributed by atoms with Crippen molar-refractivity contribution in [2.45, 2.75) is 20.3 Å². The molecule has 0 bridgehead atoms. The summed E-state index contributed by atoms with van der Waals surface area (Å²) in [6.45, 7) is 4.14. The van der Waals surface area contributed by atoms with Gasteiger partial charge in [0.1, 0.15) is 17.1 Å². The van der Waals surface area contributed by atoms with Gasteiger partial charge in [-0.15, -0.1) is 0 Å². The normalized spacial score (nSPS) is 15.4. The highest BCUT2D eigenvalue weighted by Gasteiger charge is 2.40. The second-order valence-electron chi connectivity index (χ2n) is 7.81. The van der Waals surface area contributed by atoms with Crippen molar-refractivity contribution in [1.29, 1.82) is 0 Å². The topological polar surface area (TPSA) is 91.1 Å². The Kier molecular flexibility index (Phi) is 6.43. The van der Waals surface area contributed by atoms with E-state index in [1.807, 2.05) is 19.9 Å². The molecular formula is C26H22N2O5S. The van der Waals surface area contributed by atoms with Crippen LogP contribution in [0.4, 0.5) is 5.69 Å². The van der Waals surface area contributed by atoms with Crippen molar-refractivity contribution in [2.75, 3.05) is 11.4 Å². The summed E-state index contributed by atoms with van der Waals surface area (Å²) in [5, 5.41) is 9.44. The molecule has 0 unspecified atom stereocenters. The standard InChI is InChI=1S/C26H22N2O5S/c1-3-13-27-23(29)21(24(30)28(26(27)34)18-7-5-4-6-8-18)15-19-11-12-22(33-19)20-14-17(25(31)32)10-9-16(20)2/h4-12,14-15H,3,13H2,1-2H3,(H,31,32)/b21-15+. The Morgan fingerprint density at radius 2 is 1.79 bits per heavy atom. The van der Waals surface area contributed by atoms with E-state index in [9.17, 15) is 19.5 Å². The second-order valence-corrected chi connectivity index (χ2v) is 8.18. The summed E-state index contributed by atoms with van der Waals surface area (Å²) in [5.74, 6) is -1.32. The number of carboxylic acids is 1. The van der Waals surface area contributed by atoms with Crippen LogP contribution < -0.4 is 4.90 Å². The van der Waals surface area contributed by atoms with Crippen LogP contribution in [0.5, 0.6) is 0 Å². The third-order valence-corrected chi connectivity index (χ3v) is 5.86. The van der Waals surface area contributed by atoms with Crippen molar-refractivity contribution in [3.8, 4) is 11.3 Å². The van der Waals surface area contributed by atoms with Crippen LogP contribution in [-0.4, -0.2) is 39.4 Å². The van der Waals surface area contributed by atoms with Gasteiger partial charge in [-0.05, 0) is 73.6 Å². The third-order valence-electron chi connectivity index (χ3n) is 5.46. The van der Waals surface area contributed by atoms with Crippen LogP contribution in [0.2, 0.25) is 0 Å². The van der Waals surface area contributed by atoms with Crippen LogP contribution in [0, 0.1) is 6.92 Å². The zero-order valence-corrected chi connectivity index (χ0v) is 19.5. The fourth-order valence-corrected chi connectivity index (χ4v) is 4.10. The van der Waals surface area contributed by atoms with Crippen molar-refractivity contribution in [1.82, 2.24) is 4.90 Å². The number of para-hydroxylation sites is 1. The molecule has 1 fully saturated rings. The molecule has 0 aliphatic carbocycles. The summed E-state index contributed by atoms with van der Waals surface area (Å²) in [4.78, 5) is 40.7. The molecule has 1 aliphatic rings. The second kappa shape index (κ2) is 9.44. The zero-order chi connectivity index (χ0) is 24.4. The average Bonchev–Trinajstić information content (AvgIpc) is 3.29. The number of anilines is 1. The van der Waals surface area contributed by atoms with Crippen LogP contribution >= 0.6 is 12.2 Å². The highest BCUT2D eigenvalue weighted by atomic mass is 32.1. The van der Waals surface area contributed by atoms with E-state index in [0.717, 1.165) is 5.56 Å². The minimum absolute atomic E-state index is 0.0668. The monoisotopic (exact) mass is 474 g/mol. The molecule has 2 aromatic carbocycles. The van der Waals surface area contributed by atoms with Crippen LogP contribution in [0.3, 0.4) is 0 Å². The number of hydrogen-bond acceptors (Lipinski definition) is 5. The molecule has 1 N–H and O–H groups in total. The molecular weight excluding hydrogens is 452 g/mol. The highest BCUT2D eigenvalue weighted by Crippen LogP contribution is 2.30. The van der Waals surface area contributed by atoms with Gasteiger partial charge in [0.15, 0.2) is 5.11 Å². The van der Waals surface area contributed by atoms with Gasteiger partial charge in [0, 0.05) is 12.1 Å². The number of aromatic carboxylic acids is 1. The van der Waals surface area contributed by atoms with Gasteiger partial charge < -0.3 is 9.52 Å². The number of carbonyl (C=O) groups excluding carboxylic acids is 2. The van der Waals surface area contributed by atoms with Crippen molar-refractivity contribution < 1.29 is 23.9 Å². The number of carbonyl (C=O) groups is 3. The lowest BCUT2D eigenvalue weighted by molar-refractivity contribution is -0.127. The van der Waals surface area contributed by atoms with Crippen LogP contribution in [-0.2, 0) is 9.59 Å². The van der Waals surface area contributed by atoms with Gasteiger partial charge in [-0.25, -0.2) is 4.79 Å². The van der Waals surface area contributed by atoms with Gasteiger partial charge in [0.25, 0.3) is 11.8 Å². The van der Waals surface area contributed by atoms with E-state index in [-0.39, 0.29) is 16.2 Å². The first kappa shape index (κ1) is 23.1. The van der Waals surface area contributed by atoms with Crippen molar-refractivity contribution in [2.24, 2.45) is 0 Å². The number of benzene rings is 2. The predicted molar refractivity (Wildman–Crippen MR) is 132 cm³/mol. The van der Waals surface area contributed by atoms with E-state index in [1.54, 1.807) is 42.5 Å². The number of furan rings is 1. The quantitative estimate of drug-likeness (QED) is 0.310. The largest absolute Gasteiger partial charge is 0.478 e. The molecule has 1 aliphatic heterocycles. The molecule has 7 nitrogen and oxygen atoms in total. The molecule has 2 amide bonds. The van der Waals surface area contributed by atoms with Gasteiger partial charge in [-0.3, -0.25) is 19.4 Å². The summed E-state index contributed by atoms with van der Waals surface area (Å²) in [7, 11) is 0. The Hall–Kier alpha value is -4.04. The number of thiocarbonyl (C=S) groups is 1. The van der Waals surface area contributed by atoms with Crippen molar-refractivity contribution >= 4 is 46.9 Å². The number of carboxylic acid groups (broad SMARTS) is 1. The van der Waals surface area contributed by atoms with E-state index in [4.69, 9.17) is 16.6 Å². The summed E-state index contributed by atoms with van der Waals surface area (Å²) in [5.41, 5.74) is 2.08. The molecule has 3 aromatic rings. The molecule has 1 aromatic heterocycles. The van der Waals surface area contributed by atoms with Crippen molar-refractivity contribution in [3.63, 3.8) is 0 Å². The maximum absolute atomic E-state index is 13.4. The first-order valence-electron chi connectivity index (χ1n) is 10.7.